The Morgan fingerprint density at radius 3 is 2.32 bits per heavy atom. The molecule has 0 aliphatic carbocycles. The first-order valence-corrected chi connectivity index (χ1v) is 12.8. The molecule has 1 fully saturated rings. The van der Waals surface area contributed by atoms with Crippen LogP contribution in [-0.2, 0) is 4.79 Å². The summed E-state index contributed by atoms with van der Waals surface area (Å²) in [6.45, 7) is 10.8. The number of carbonyl (C=O) groups excluding carboxylic acids is 1. The van der Waals surface area contributed by atoms with E-state index in [-0.39, 0.29) is 5.91 Å². The monoisotopic (exact) mass is 534 g/mol. The van der Waals surface area contributed by atoms with E-state index in [1.807, 2.05) is 55.5 Å². The zero-order chi connectivity index (χ0) is 24.4. The van der Waals surface area contributed by atoms with Crippen molar-refractivity contribution in [2.75, 3.05) is 11.5 Å². The van der Waals surface area contributed by atoms with E-state index in [1.54, 1.807) is 4.90 Å². The molecule has 174 valence electrons. The Morgan fingerprint density at radius 1 is 0.941 bits per heavy atom. The predicted molar refractivity (Wildman–Crippen MR) is 147 cm³/mol. The Kier molecular flexibility index (Phi) is 7.29. The Labute approximate surface area is 213 Å². The minimum atomic E-state index is -0.0988. The number of hydrogen-bond donors (Lipinski definition) is 0. The molecule has 1 aliphatic rings. The molecule has 0 unspecified atom stereocenters. The van der Waals surface area contributed by atoms with Crippen LogP contribution in [0.1, 0.15) is 34.7 Å². The van der Waals surface area contributed by atoms with Gasteiger partial charge in [0.15, 0.2) is 5.17 Å². The van der Waals surface area contributed by atoms with Gasteiger partial charge in [-0.05, 0) is 117 Å². The molecule has 0 atom stereocenters. The molecule has 4 rings (SSSR count). The first-order chi connectivity index (χ1) is 16.3. The molecule has 0 N–H and O–H groups in total. The standard InChI is InChI=1S/C28H27BrN2O2S/c1-6-33-25-12-9-22(29)15-21(25)16-26-27(32)31(24-11-8-18(3)20(5)14-24)28(34-26)30-23-10-7-17(2)19(4)13-23/h7-16H,6H2,1-5H3/b26-16+,30-28?. The van der Waals surface area contributed by atoms with Gasteiger partial charge in [0.05, 0.1) is 22.9 Å². The first kappa shape index (κ1) is 24.3. The molecule has 3 aromatic rings. The lowest BCUT2D eigenvalue weighted by molar-refractivity contribution is -0.113. The van der Waals surface area contributed by atoms with Gasteiger partial charge in [0.2, 0.25) is 0 Å². The van der Waals surface area contributed by atoms with Crippen LogP contribution in [0.3, 0.4) is 0 Å². The van der Waals surface area contributed by atoms with Crippen molar-refractivity contribution in [2.24, 2.45) is 4.99 Å². The summed E-state index contributed by atoms with van der Waals surface area (Å²) in [7, 11) is 0. The topological polar surface area (TPSA) is 41.9 Å². The van der Waals surface area contributed by atoms with Gasteiger partial charge in [-0.2, -0.15) is 0 Å². The summed E-state index contributed by atoms with van der Waals surface area (Å²) in [5.74, 6) is 0.641. The maximum absolute atomic E-state index is 13.7. The number of amides is 1. The van der Waals surface area contributed by atoms with Crippen LogP contribution >= 0.6 is 27.7 Å². The Bertz CT molecular complexity index is 1330. The number of halogens is 1. The van der Waals surface area contributed by atoms with Crippen molar-refractivity contribution in [3.63, 3.8) is 0 Å². The van der Waals surface area contributed by atoms with Crippen molar-refractivity contribution in [1.29, 1.82) is 0 Å². The molecule has 0 radical (unpaired) electrons. The molecular formula is C28H27BrN2O2S. The Morgan fingerprint density at radius 2 is 1.65 bits per heavy atom. The van der Waals surface area contributed by atoms with Crippen LogP contribution in [-0.4, -0.2) is 17.7 Å². The number of rotatable bonds is 5. The molecule has 0 saturated carbocycles. The number of thioether (sulfide) groups is 1. The highest BCUT2D eigenvalue weighted by atomic mass is 79.9. The molecule has 1 saturated heterocycles. The van der Waals surface area contributed by atoms with Gasteiger partial charge in [-0.1, -0.05) is 28.1 Å². The van der Waals surface area contributed by atoms with Crippen LogP contribution in [0.25, 0.3) is 6.08 Å². The number of ether oxygens (including phenoxy) is 1. The van der Waals surface area contributed by atoms with Crippen LogP contribution in [0.4, 0.5) is 11.4 Å². The van der Waals surface area contributed by atoms with E-state index in [1.165, 1.54) is 28.5 Å². The number of amidine groups is 1. The van der Waals surface area contributed by atoms with Crippen molar-refractivity contribution >= 4 is 56.2 Å². The van der Waals surface area contributed by atoms with Gasteiger partial charge in [0.1, 0.15) is 5.75 Å². The van der Waals surface area contributed by atoms with Crippen LogP contribution in [0.2, 0.25) is 0 Å². The summed E-state index contributed by atoms with van der Waals surface area (Å²) >= 11 is 4.91. The lowest BCUT2D eigenvalue weighted by Crippen LogP contribution is -2.28. The zero-order valence-corrected chi connectivity index (χ0v) is 22.4. The Balaban J connectivity index is 1.82. The second kappa shape index (κ2) is 10.2. The van der Waals surface area contributed by atoms with Crippen molar-refractivity contribution < 1.29 is 9.53 Å². The summed E-state index contributed by atoms with van der Waals surface area (Å²) < 4.78 is 6.72. The van der Waals surface area contributed by atoms with Gasteiger partial charge in [-0.15, -0.1) is 0 Å². The van der Waals surface area contributed by atoms with E-state index in [2.05, 4.69) is 55.8 Å². The minimum Gasteiger partial charge on any atom is -0.493 e. The van der Waals surface area contributed by atoms with Crippen LogP contribution in [0.15, 0.2) is 69.0 Å². The summed E-state index contributed by atoms with van der Waals surface area (Å²) in [6.07, 6.45) is 1.89. The van der Waals surface area contributed by atoms with Gasteiger partial charge in [0.25, 0.3) is 5.91 Å². The van der Waals surface area contributed by atoms with Gasteiger partial charge in [0, 0.05) is 10.0 Å². The molecule has 0 aromatic heterocycles. The molecule has 1 aliphatic heterocycles. The van der Waals surface area contributed by atoms with Gasteiger partial charge in [-0.3, -0.25) is 9.69 Å². The molecule has 4 nitrogen and oxygen atoms in total. The van der Waals surface area contributed by atoms with Crippen molar-refractivity contribution in [1.82, 2.24) is 0 Å². The third-order valence-corrected chi connectivity index (χ3v) is 7.29. The van der Waals surface area contributed by atoms with E-state index >= 15 is 0 Å². The number of anilines is 1. The van der Waals surface area contributed by atoms with Crippen molar-refractivity contribution in [3.05, 3.63) is 91.8 Å². The normalized spacial score (nSPS) is 16.1. The number of hydrogen-bond acceptors (Lipinski definition) is 4. The molecular weight excluding hydrogens is 508 g/mol. The quantitative estimate of drug-likeness (QED) is 0.312. The van der Waals surface area contributed by atoms with E-state index in [0.29, 0.717) is 16.7 Å². The van der Waals surface area contributed by atoms with E-state index < -0.39 is 0 Å². The lowest BCUT2D eigenvalue weighted by atomic mass is 10.1. The van der Waals surface area contributed by atoms with Crippen LogP contribution in [0, 0.1) is 27.7 Å². The fourth-order valence-electron chi connectivity index (χ4n) is 3.61. The Hall–Kier alpha value is -2.83. The summed E-state index contributed by atoms with van der Waals surface area (Å²) in [5.41, 5.74) is 7.17. The fraction of sp³-hybridized carbons (Fsp3) is 0.214. The zero-order valence-electron chi connectivity index (χ0n) is 20.0. The summed E-state index contributed by atoms with van der Waals surface area (Å²) in [6, 6.07) is 18.0. The number of aryl methyl sites for hydroxylation is 4. The average Bonchev–Trinajstić information content (AvgIpc) is 3.09. The summed E-state index contributed by atoms with van der Waals surface area (Å²) in [4.78, 5) is 20.9. The van der Waals surface area contributed by atoms with Crippen LogP contribution < -0.4 is 9.64 Å². The maximum Gasteiger partial charge on any atom is 0.271 e. The third-order valence-electron chi connectivity index (χ3n) is 5.83. The molecule has 34 heavy (non-hydrogen) atoms. The lowest BCUT2D eigenvalue weighted by Gasteiger charge is -2.17. The average molecular weight is 536 g/mol. The van der Waals surface area contributed by atoms with E-state index in [9.17, 15) is 4.79 Å². The van der Waals surface area contributed by atoms with Gasteiger partial charge < -0.3 is 4.74 Å². The number of nitrogens with zero attached hydrogens (tertiary/aromatic N) is 2. The number of benzene rings is 3. The largest absolute Gasteiger partial charge is 0.493 e. The highest BCUT2D eigenvalue weighted by molar-refractivity contribution is 9.10. The van der Waals surface area contributed by atoms with Gasteiger partial charge >= 0.3 is 0 Å². The highest BCUT2D eigenvalue weighted by Crippen LogP contribution is 2.39. The molecule has 1 heterocycles. The summed E-state index contributed by atoms with van der Waals surface area (Å²) in [5, 5.41) is 0.635. The smallest absolute Gasteiger partial charge is 0.271 e. The van der Waals surface area contributed by atoms with Crippen LogP contribution in [0.5, 0.6) is 5.75 Å². The van der Waals surface area contributed by atoms with E-state index in [0.717, 1.165) is 32.7 Å². The number of aliphatic imine (C=N–C) groups is 1. The van der Waals surface area contributed by atoms with Crippen molar-refractivity contribution in [3.8, 4) is 5.75 Å². The van der Waals surface area contributed by atoms with Crippen molar-refractivity contribution in [2.45, 2.75) is 34.6 Å². The molecule has 0 bridgehead atoms. The van der Waals surface area contributed by atoms with E-state index in [4.69, 9.17) is 9.73 Å². The number of carbonyl (C=O) groups is 1. The second-order valence-corrected chi connectivity index (χ2v) is 10.2. The fourth-order valence-corrected chi connectivity index (χ4v) is 4.98. The molecule has 1 amide bonds. The SMILES string of the molecule is CCOc1ccc(Br)cc1/C=C1/SC(=Nc2ccc(C)c(C)c2)N(c2ccc(C)c(C)c2)C1=O. The third kappa shape index (κ3) is 5.13. The molecule has 6 heteroatoms. The minimum absolute atomic E-state index is 0.0988. The second-order valence-electron chi connectivity index (χ2n) is 8.30. The van der Waals surface area contributed by atoms with Gasteiger partial charge in [-0.25, -0.2) is 4.99 Å². The highest BCUT2D eigenvalue weighted by Gasteiger charge is 2.35. The maximum atomic E-state index is 13.7. The predicted octanol–water partition coefficient (Wildman–Crippen LogP) is 7.89. The first-order valence-electron chi connectivity index (χ1n) is 11.2. The molecule has 3 aromatic carbocycles. The molecule has 0 spiro atoms.